The number of amides is 2. The second-order valence-corrected chi connectivity index (χ2v) is 7.95. The number of nitrogens with zero attached hydrogens (tertiary/aromatic N) is 3. The van der Waals surface area contributed by atoms with Gasteiger partial charge in [0, 0.05) is 55.6 Å². The van der Waals surface area contributed by atoms with Crippen molar-refractivity contribution in [3.05, 3.63) is 72.6 Å². The van der Waals surface area contributed by atoms with Gasteiger partial charge in [-0.2, -0.15) is 13.2 Å². The van der Waals surface area contributed by atoms with Gasteiger partial charge in [0.25, 0.3) is 0 Å². The lowest BCUT2D eigenvalue weighted by Gasteiger charge is -2.34. The van der Waals surface area contributed by atoms with Crippen molar-refractivity contribution in [1.29, 1.82) is 0 Å². The number of halogens is 3. The lowest BCUT2D eigenvalue weighted by molar-refractivity contribution is -0.137. The van der Waals surface area contributed by atoms with E-state index in [0.29, 0.717) is 36.0 Å². The molecule has 10 heteroatoms. The van der Waals surface area contributed by atoms with E-state index in [0.717, 1.165) is 25.2 Å². The number of pyridine rings is 1. The van der Waals surface area contributed by atoms with Crippen molar-refractivity contribution in [2.24, 2.45) is 0 Å². The zero-order valence-corrected chi connectivity index (χ0v) is 18.5. The summed E-state index contributed by atoms with van der Waals surface area (Å²) >= 11 is 0. The van der Waals surface area contributed by atoms with Crippen molar-refractivity contribution in [3.8, 4) is 11.5 Å². The van der Waals surface area contributed by atoms with Gasteiger partial charge in [-0.1, -0.05) is 0 Å². The highest BCUT2D eigenvalue weighted by Gasteiger charge is 2.32. The topological polar surface area (TPSA) is 69.7 Å². The number of urea groups is 1. The first kappa shape index (κ1) is 23.4. The molecule has 0 atom stereocenters. The Morgan fingerprint density at radius 1 is 0.882 bits per heavy atom. The third-order valence-electron chi connectivity index (χ3n) is 5.37. The zero-order valence-electron chi connectivity index (χ0n) is 18.5. The van der Waals surface area contributed by atoms with E-state index in [-0.39, 0.29) is 5.69 Å². The second-order valence-electron chi connectivity index (χ2n) is 7.95. The Hall–Kier alpha value is -3.79. The van der Waals surface area contributed by atoms with E-state index >= 15 is 0 Å². The number of anilines is 3. The Bertz CT molecular complexity index is 1120. The molecule has 2 N–H and O–H groups in total. The molecule has 2 amide bonds. The molecule has 0 spiro atoms. The Morgan fingerprint density at radius 3 is 2.15 bits per heavy atom. The highest BCUT2D eigenvalue weighted by atomic mass is 19.4. The summed E-state index contributed by atoms with van der Waals surface area (Å²) in [5.41, 5.74) is 0.150. The maximum absolute atomic E-state index is 13.5. The summed E-state index contributed by atoms with van der Waals surface area (Å²) in [5.74, 6) is 1.18. The summed E-state index contributed by atoms with van der Waals surface area (Å²) in [5, 5.41) is 5.15. The van der Waals surface area contributed by atoms with Crippen molar-refractivity contribution < 1.29 is 22.7 Å². The number of ether oxygens (including phenoxy) is 1. The number of rotatable bonds is 5. The first-order valence-electron chi connectivity index (χ1n) is 10.7. The van der Waals surface area contributed by atoms with Crippen LogP contribution in [-0.2, 0) is 6.18 Å². The van der Waals surface area contributed by atoms with E-state index in [1.165, 1.54) is 0 Å². The van der Waals surface area contributed by atoms with E-state index < -0.39 is 17.8 Å². The first-order chi connectivity index (χ1) is 16.3. The van der Waals surface area contributed by atoms with Crippen LogP contribution in [0.25, 0.3) is 0 Å². The van der Waals surface area contributed by atoms with Crippen LogP contribution in [-0.4, -0.2) is 49.1 Å². The molecule has 1 aliphatic rings. The highest BCUT2D eigenvalue weighted by Crippen LogP contribution is 2.35. The Balaban J connectivity index is 1.44. The molecular weight excluding hydrogens is 447 g/mol. The van der Waals surface area contributed by atoms with Gasteiger partial charge >= 0.3 is 12.2 Å². The van der Waals surface area contributed by atoms with Crippen LogP contribution in [0.15, 0.2) is 67.0 Å². The molecule has 0 saturated carbocycles. The number of benzene rings is 2. The number of nitrogens with one attached hydrogen (secondary N) is 2. The van der Waals surface area contributed by atoms with Gasteiger partial charge in [0.1, 0.15) is 11.5 Å². The quantitative estimate of drug-likeness (QED) is 0.529. The van der Waals surface area contributed by atoms with E-state index in [4.69, 9.17) is 4.74 Å². The predicted molar refractivity (Wildman–Crippen MR) is 125 cm³/mol. The molecule has 1 aromatic heterocycles. The number of likely N-dealkylation sites (N-methyl/N-ethyl adjacent to an activating group) is 1. The number of carbonyl (C=O) groups excluding carboxylic acids is 1. The van der Waals surface area contributed by atoms with Gasteiger partial charge in [0.05, 0.1) is 5.56 Å². The minimum absolute atomic E-state index is 0.0684. The van der Waals surface area contributed by atoms with Crippen LogP contribution in [0.1, 0.15) is 5.56 Å². The van der Waals surface area contributed by atoms with Crippen LogP contribution in [0.4, 0.5) is 35.0 Å². The number of alkyl halides is 3. The molecule has 0 unspecified atom stereocenters. The van der Waals surface area contributed by atoms with Crippen LogP contribution < -0.4 is 20.3 Å². The van der Waals surface area contributed by atoms with E-state index in [9.17, 15) is 18.0 Å². The van der Waals surface area contributed by atoms with Gasteiger partial charge < -0.3 is 25.2 Å². The SMILES string of the molecule is CN1CCN(c2cc(NC(=O)Nc3ccc(Oc4ccncc4)cc3)cc(C(F)(F)F)c2)CC1. The molecule has 7 nitrogen and oxygen atoms in total. The predicted octanol–water partition coefficient (Wildman–Crippen LogP) is 5.29. The minimum atomic E-state index is -4.53. The molecule has 3 aromatic rings. The lowest BCUT2D eigenvalue weighted by Crippen LogP contribution is -2.44. The molecule has 1 saturated heterocycles. The lowest BCUT2D eigenvalue weighted by atomic mass is 10.1. The van der Waals surface area contributed by atoms with Gasteiger partial charge in [-0.05, 0) is 61.6 Å². The molecule has 178 valence electrons. The molecule has 0 aliphatic carbocycles. The van der Waals surface area contributed by atoms with Crippen molar-refractivity contribution in [2.75, 3.05) is 48.8 Å². The first-order valence-corrected chi connectivity index (χ1v) is 10.7. The summed E-state index contributed by atoms with van der Waals surface area (Å²) in [6, 6.07) is 13.0. The van der Waals surface area contributed by atoms with Crippen molar-refractivity contribution in [1.82, 2.24) is 9.88 Å². The van der Waals surface area contributed by atoms with Crippen LogP contribution in [0.2, 0.25) is 0 Å². The van der Waals surface area contributed by atoms with Crippen LogP contribution in [0.5, 0.6) is 11.5 Å². The van der Waals surface area contributed by atoms with Crippen molar-refractivity contribution >= 4 is 23.1 Å². The third kappa shape index (κ3) is 6.16. The second kappa shape index (κ2) is 10.0. The monoisotopic (exact) mass is 471 g/mol. The summed E-state index contributed by atoms with van der Waals surface area (Å²) < 4.78 is 46.1. The molecule has 2 aromatic carbocycles. The summed E-state index contributed by atoms with van der Waals surface area (Å²) in [4.78, 5) is 20.4. The largest absolute Gasteiger partial charge is 0.457 e. The maximum atomic E-state index is 13.5. The van der Waals surface area contributed by atoms with Gasteiger partial charge in [-0.3, -0.25) is 4.98 Å². The van der Waals surface area contributed by atoms with Crippen molar-refractivity contribution in [3.63, 3.8) is 0 Å². The molecule has 0 bridgehead atoms. The molecule has 1 fully saturated rings. The van der Waals surface area contributed by atoms with E-state index in [1.54, 1.807) is 54.9 Å². The van der Waals surface area contributed by atoms with Crippen molar-refractivity contribution in [2.45, 2.75) is 6.18 Å². The Labute approximate surface area is 195 Å². The zero-order chi connectivity index (χ0) is 24.1. The Kier molecular flexibility index (Phi) is 6.87. The molecule has 2 heterocycles. The van der Waals surface area contributed by atoms with E-state index in [2.05, 4.69) is 20.5 Å². The molecule has 1 aliphatic heterocycles. The number of aromatic nitrogens is 1. The van der Waals surface area contributed by atoms with Gasteiger partial charge in [-0.15, -0.1) is 0 Å². The highest BCUT2D eigenvalue weighted by molar-refractivity contribution is 6.00. The maximum Gasteiger partial charge on any atom is 0.416 e. The fraction of sp³-hybridized carbons (Fsp3) is 0.250. The number of carbonyl (C=O) groups is 1. The summed E-state index contributed by atoms with van der Waals surface area (Å²) in [6.45, 7) is 2.72. The molecule has 34 heavy (non-hydrogen) atoms. The van der Waals surface area contributed by atoms with Gasteiger partial charge in [0.15, 0.2) is 0 Å². The molecule has 0 radical (unpaired) electrons. The summed E-state index contributed by atoms with van der Waals surface area (Å²) in [6.07, 6.45) is -1.31. The van der Waals surface area contributed by atoms with Crippen LogP contribution in [0, 0.1) is 0 Å². The fourth-order valence-corrected chi connectivity index (χ4v) is 3.54. The number of hydrogen-bond donors (Lipinski definition) is 2. The third-order valence-corrected chi connectivity index (χ3v) is 5.37. The van der Waals surface area contributed by atoms with E-state index in [1.807, 2.05) is 11.9 Å². The Morgan fingerprint density at radius 2 is 1.50 bits per heavy atom. The molecular formula is C24H24F3N5O2. The van der Waals surface area contributed by atoms with Crippen LogP contribution >= 0.6 is 0 Å². The fourth-order valence-electron chi connectivity index (χ4n) is 3.54. The van der Waals surface area contributed by atoms with Crippen LogP contribution in [0.3, 0.4) is 0 Å². The average molecular weight is 471 g/mol. The molecule has 4 rings (SSSR count). The number of hydrogen-bond acceptors (Lipinski definition) is 5. The minimum Gasteiger partial charge on any atom is -0.457 e. The standard InChI is InChI=1S/C24H24F3N5O2/c1-31-10-12-32(13-11-31)20-15-17(24(25,26)27)14-19(16-20)30-23(33)29-18-2-4-21(5-3-18)34-22-6-8-28-9-7-22/h2-9,14-16H,10-13H2,1H3,(H2,29,30,33). The van der Waals surface area contributed by atoms with Gasteiger partial charge in [0.2, 0.25) is 0 Å². The van der Waals surface area contributed by atoms with Gasteiger partial charge in [-0.25, -0.2) is 4.79 Å². The normalized spacial score (nSPS) is 14.5. The summed E-state index contributed by atoms with van der Waals surface area (Å²) in [7, 11) is 1.97. The average Bonchev–Trinajstić information content (AvgIpc) is 2.81. The number of piperazine rings is 1. The smallest absolute Gasteiger partial charge is 0.416 e.